The number of hydrogen-bond acceptors (Lipinski definition) is 3. The van der Waals surface area contributed by atoms with Gasteiger partial charge >= 0.3 is 5.97 Å². The van der Waals surface area contributed by atoms with Crippen molar-refractivity contribution < 1.29 is 14.3 Å². The van der Waals surface area contributed by atoms with Crippen LogP contribution in [-0.2, 0) is 9.53 Å². The van der Waals surface area contributed by atoms with E-state index in [1.165, 1.54) is 6.92 Å². The zero-order chi connectivity index (χ0) is 21.6. The quantitative estimate of drug-likeness (QED) is 0.346. The first kappa shape index (κ1) is 21.1. The Bertz CT molecular complexity index is 1130. The van der Waals surface area contributed by atoms with Crippen LogP contribution in [0.2, 0.25) is 0 Å². The van der Waals surface area contributed by atoms with Crippen molar-refractivity contribution in [1.82, 2.24) is 4.57 Å². The van der Waals surface area contributed by atoms with Crippen LogP contribution in [-0.4, -0.2) is 16.3 Å². The third-order valence-corrected chi connectivity index (χ3v) is 6.48. The van der Waals surface area contributed by atoms with Crippen molar-refractivity contribution in [3.8, 4) is 16.9 Å². The molecule has 2 aromatic carbocycles. The monoisotopic (exact) mass is 529 g/mol. The van der Waals surface area contributed by atoms with Gasteiger partial charge in [0.05, 0.1) is 11.4 Å². The van der Waals surface area contributed by atoms with E-state index in [1.807, 2.05) is 68.4 Å². The van der Waals surface area contributed by atoms with Crippen LogP contribution in [0, 0.1) is 5.41 Å². The Balaban J connectivity index is 2.04. The van der Waals surface area contributed by atoms with Gasteiger partial charge in [-0.2, -0.15) is 0 Å². The van der Waals surface area contributed by atoms with Crippen molar-refractivity contribution in [2.75, 3.05) is 0 Å². The van der Waals surface area contributed by atoms with Gasteiger partial charge < -0.3 is 9.30 Å². The van der Waals surface area contributed by atoms with E-state index in [-0.39, 0.29) is 11.8 Å². The maximum absolute atomic E-state index is 13.1. The van der Waals surface area contributed by atoms with Crippen molar-refractivity contribution in [1.29, 1.82) is 0 Å². The van der Waals surface area contributed by atoms with Crippen LogP contribution in [0.3, 0.4) is 0 Å². The maximum atomic E-state index is 13.1. The number of ether oxygens (including phenoxy) is 1. The summed E-state index contributed by atoms with van der Waals surface area (Å²) in [7, 11) is 0. The molecular formula is C24H21Br2NO3. The van der Waals surface area contributed by atoms with E-state index in [4.69, 9.17) is 4.74 Å². The van der Waals surface area contributed by atoms with Gasteiger partial charge in [-0.15, -0.1) is 0 Å². The number of carbonyl (C=O) groups is 2. The lowest BCUT2D eigenvalue weighted by Gasteiger charge is -2.38. The molecule has 4 rings (SSSR count). The summed E-state index contributed by atoms with van der Waals surface area (Å²) >= 11 is 6.97. The van der Waals surface area contributed by atoms with Gasteiger partial charge in [0.25, 0.3) is 0 Å². The molecule has 1 aromatic heterocycles. The Kier molecular flexibility index (Phi) is 5.49. The number of esters is 1. The number of nitrogens with zero attached hydrogens (tertiary/aromatic N) is 1. The first-order valence-corrected chi connectivity index (χ1v) is 11.2. The fraction of sp³-hybridized carbons (Fsp3) is 0.250. The second-order valence-electron chi connectivity index (χ2n) is 8.23. The largest absolute Gasteiger partial charge is 0.455 e. The molecule has 154 valence electrons. The second kappa shape index (κ2) is 7.82. The molecule has 4 nitrogen and oxygen atoms in total. The molecule has 1 aliphatic carbocycles. The van der Waals surface area contributed by atoms with Crippen LogP contribution in [0.4, 0.5) is 0 Å². The number of benzene rings is 2. The van der Waals surface area contributed by atoms with Gasteiger partial charge in [-0.3, -0.25) is 9.59 Å². The van der Waals surface area contributed by atoms with Crippen molar-refractivity contribution >= 4 is 43.6 Å². The van der Waals surface area contributed by atoms with E-state index in [9.17, 15) is 9.59 Å². The second-order valence-corrected chi connectivity index (χ2v) is 10.1. The number of aromatic nitrogens is 1. The topological polar surface area (TPSA) is 48.3 Å². The molecule has 0 spiro atoms. The van der Waals surface area contributed by atoms with Gasteiger partial charge in [-0.25, -0.2) is 0 Å². The molecule has 30 heavy (non-hydrogen) atoms. The molecule has 1 heterocycles. The summed E-state index contributed by atoms with van der Waals surface area (Å²) in [5.74, 6) is -0.297. The molecule has 0 bridgehead atoms. The molecule has 0 amide bonds. The van der Waals surface area contributed by atoms with E-state index < -0.39 is 11.5 Å². The summed E-state index contributed by atoms with van der Waals surface area (Å²) < 4.78 is 9.80. The summed E-state index contributed by atoms with van der Waals surface area (Å²) in [4.78, 5) is 25.1. The minimum Gasteiger partial charge on any atom is -0.455 e. The van der Waals surface area contributed by atoms with Gasteiger partial charge in [0.2, 0.25) is 0 Å². The average Bonchev–Trinajstić information content (AvgIpc) is 3.06. The maximum Gasteiger partial charge on any atom is 0.303 e. The molecule has 0 fully saturated rings. The standard InChI is InChI=1S/C24H21Br2NO3/c1-14(28)30-23-22-19(21(29)13-24(23,2)3)12-20(15-4-6-16(25)7-5-15)27(22)18-10-8-17(26)9-11-18/h4-12,23H,13H2,1-3H3. The average molecular weight is 531 g/mol. The zero-order valence-corrected chi connectivity index (χ0v) is 20.1. The van der Waals surface area contributed by atoms with Gasteiger partial charge in [-0.05, 0) is 48.0 Å². The number of rotatable bonds is 3. The van der Waals surface area contributed by atoms with Crippen molar-refractivity contribution in [3.63, 3.8) is 0 Å². The SMILES string of the molecule is CC(=O)OC1c2c(cc(-c3ccc(Br)cc3)n2-c2ccc(Br)cc2)C(=O)CC1(C)C. The molecule has 0 saturated heterocycles. The predicted octanol–water partition coefficient (Wildman–Crippen LogP) is 6.89. The van der Waals surface area contributed by atoms with Crippen molar-refractivity contribution in [2.45, 2.75) is 33.3 Å². The van der Waals surface area contributed by atoms with Crippen molar-refractivity contribution in [2.24, 2.45) is 5.41 Å². The number of halogens is 2. The summed E-state index contributed by atoms with van der Waals surface area (Å²) in [5, 5.41) is 0. The van der Waals surface area contributed by atoms with Crippen LogP contribution < -0.4 is 0 Å². The molecule has 0 aliphatic heterocycles. The highest BCUT2D eigenvalue weighted by atomic mass is 79.9. The summed E-state index contributed by atoms with van der Waals surface area (Å²) in [6.45, 7) is 5.36. The number of hydrogen-bond donors (Lipinski definition) is 0. The number of carbonyl (C=O) groups excluding carboxylic acids is 2. The molecular weight excluding hydrogens is 510 g/mol. The Morgan fingerprint density at radius 2 is 1.60 bits per heavy atom. The number of fused-ring (bicyclic) bond motifs is 1. The number of Topliss-reactive ketones (excluding diaryl/α,β-unsaturated/α-hetero) is 1. The van der Waals surface area contributed by atoms with Crippen molar-refractivity contribution in [3.05, 3.63) is 74.8 Å². The van der Waals surface area contributed by atoms with E-state index in [0.29, 0.717) is 12.0 Å². The van der Waals surface area contributed by atoms with Crippen LogP contribution in [0.1, 0.15) is 49.3 Å². The summed E-state index contributed by atoms with van der Waals surface area (Å²) in [6.07, 6.45) is -0.210. The van der Waals surface area contributed by atoms with Gasteiger partial charge in [0.1, 0.15) is 6.10 Å². The van der Waals surface area contributed by atoms with E-state index in [2.05, 4.69) is 36.4 Å². The Morgan fingerprint density at radius 3 is 2.17 bits per heavy atom. The van der Waals surface area contributed by atoms with E-state index >= 15 is 0 Å². The van der Waals surface area contributed by atoms with E-state index in [0.717, 1.165) is 31.6 Å². The molecule has 0 N–H and O–H groups in total. The lowest BCUT2D eigenvalue weighted by atomic mass is 9.73. The number of ketones is 1. The Hall–Kier alpha value is -2.18. The molecule has 0 saturated carbocycles. The first-order valence-electron chi connectivity index (χ1n) is 9.65. The van der Waals surface area contributed by atoms with Crippen LogP contribution >= 0.6 is 31.9 Å². The fourth-order valence-electron chi connectivity index (χ4n) is 4.06. The van der Waals surface area contributed by atoms with Crippen LogP contribution in [0.15, 0.2) is 63.5 Å². The highest BCUT2D eigenvalue weighted by molar-refractivity contribution is 9.10. The lowest BCUT2D eigenvalue weighted by Crippen LogP contribution is -2.35. The summed E-state index contributed by atoms with van der Waals surface area (Å²) in [6, 6.07) is 17.8. The third-order valence-electron chi connectivity index (χ3n) is 5.42. The molecule has 6 heteroatoms. The molecule has 0 radical (unpaired) electrons. The fourth-order valence-corrected chi connectivity index (χ4v) is 4.59. The highest BCUT2D eigenvalue weighted by Crippen LogP contribution is 2.49. The minimum absolute atomic E-state index is 0.0626. The van der Waals surface area contributed by atoms with Crippen LogP contribution in [0.25, 0.3) is 16.9 Å². The Morgan fingerprint density at radius 1 is 1.03 bits per heavy atom. The van der Waals surface area contributed by atoms with Crippen LogP contribution in [0.5, 0.6) is 0 Å². The molecule has 1 atom stereocenters. The Labute approximate surface area is 192 Å². The third kappa shape index (κ3) is 3.79. The van der Waals surface area contributed by atoms with E-state index in [1.54, 1.807) is 0 Å². The highest BCUT2D eigenvalue weighted by Gasteiger charge is 2.45. The molecule has 1 unspecified atom stereocenters. The zero-order valence-electron chi connectivity index (χ0n) is 16.9. The molecule has 3 aromatic rings. The van der Waals surface area contributed by atoms with Gasteiger partial charge in [0, 0.05) is 39.0 Å². The minimum atomic E-state index is -0.532. The normalized spacial score (nSPS) is 17.5. The first-order chi connectivity index (χ1) is 14.2. The summed E-state index contributed by atoms with van der Waals surface area (Å²) in [5.41, 5.74) is 3.59. The van der Waals surface area contributed by atoms with Gasteiger partial charge in [-0.1, -0.05) is 57.8 Å². The predicted molar refractivity (Wildman–Crippen MR) is 124 cm³/mol. The lowest BCUT2D eigenvalue weighted by molar-refractivity contribution is -0.154. The molecule has 1 aliphatic rings. The van der Waals surface area contributed by atoms with Gasteiger partial charge in [0.15, 0.2) is 5.78 Å². The smallest absolute Gasteiger partial charge is 0.303 e.